The van der Waals surface area contributed by atoms with Crippen LogP contribution in [-0.4, -0.2) is 30.0 Å². The minimum atomic E-state index is -5.11. The summed E-state index contributed by atoms with van der Waals surface area (Å²) >= 11 is 5.37. The number of ether oxygens (including phenoxy) is 2. The Morgan fingerprint density at radius 2 is 1.74 bits per heavy atom. The van der Waals surface area contributed by atoms with Gasteiger partial charge in [0.05, 0.1) is 24.6 Å². The summed E-state index contributed by atoms with van der Waals surface area (Å²) in [7, 11) is 2.27. The van der Waals surface area contributed by atoms with Crippen LogP contribution in [0.5, 0.6) is 5.75 Å². The molecule has 168 valence electrons. The summed E-state index contributed by atoms with van der Waals surface area (Å²) in [6.07, 6.45) is -8.68. The average Bonchev–Trinajstić information content (AvgIpc) is 2.70. The van der Waals surface area contributed by atoms with Gasteiger partial charge in [0.2, 0.25) is 0 Å². The zero-order valence-corrected chi connectivity index (χ0v) is 18.0. The van der Waals surface area contributed by atoms with Crippen LogP contribution >= 0.6 is 12.2 Å². The van der Waals surface area contributed by atoms with Crippen LogP contribution in [0.25, 0.3) is 0 Å². The van der Waals surface area contributed by atoms with Crippen molar-refractivity contribution in [2.24, 2.45) is 5.92 Å². The lowest BCUT2D eigenvalue weighted by Crippen LogP contribution is -2.25. The maximum absolute atomic E-state index is 14.0. The molecule has 0 unspecified atom stereocenters. The fourth-order valence-electron chi connectivity index (χ4n) is 3.17. The number of benzene rings is 1. The number of para-hydroxylation sites is 1. The Balaban J connectivity index is 3.04. The molecular formula is C21H20F5NO3S. The number of halogens is 5. The first-order valence-electron chi connectivity index (χ1n) is 9.12. The summed E-state index contributed by atoms with van der Waals surface area (Å²) in [5, 5.41) is 0. The van der Waals surface area contributed by atoms with E-state index < -0.39 is 41.1 Å². The summed E-state index contributed by atoms with van der Waals surface area (Å²) < 4.78 is 79.1. The Morgan fingerprint density at radius 1 is 1.13 bits per heavy atom. The normalized spacial score (nSPS) is 11.7. The van der Waals surface area contributed by atoms with Crippen LogP contribution in [0.2, 0.25) is 0 Å². The minimum absolute atomic E-state index is 0.137. The first kappa shape index (κ1) is 24.6. The topological polar surface area (TPSA) is 48.4 Å². The number of hydrogen-bond donors (Lipinski definition) is 0. The number of aromatic nitrogens is 1. The molecule has 0 aliphatic rings. The smallest absolute Gasteiger partial charge is 0.434 e. The van der Waals surface area contributed by atoms with Gasteiger partial charge in [-0.25, -0.2) is 18.6 Å². The van der Waals surface area contributed by atoms with Gasteiger partial charge in [0.25, 0.3) is 6.43 Å². The number of alkyl halides is 5. The fraction of sp³-hybridized carbons (Fsp3) is 0.381. The van der Waals surface area contributed by atoms with Gasteiger partial charge in [-0.2, -0.15) is 13.2 Å². The summed E-state index contributed by atoms with van der Waals surface area (Å²) in [6.45, 7) is 3.35. The number of esters is 1. The number of pyridine rings is 1. The van der Waals surface area contributed by atoms with E-state index in [1.165, 1.54) is 19.2 Å². The number of rotatable bonds is 7. The third-order valence-corrected chi connectivity index (χ3v) is 4.81. The predicted molar refractivity (Wildman–Crippen MR) is 108 cm³/mol. The van der Waals surface area contributed by atoms with Crippen LogP contribution in [0.15, 0.2) is 24.3 Å². The molecule has 0 radical (unpaired) electrons. The maximum Gasteiger partial charge on any atom is 0.434 e. The van der Waals surface area contributed by atoms with Crippen molar-refractivity contribution >= 4 is 23.1 Å². The molecule has 0 N–H and O–H groups in total. The van der Waals surface area contributed by atoms with Gasteiger partial charge in [0.1, 0.15) is 11.4 Å². The number of carbonyl (C=O) groups excluding carboxylic acids is 1. The van der Waals surface area contributed by atoms with Crippen molar-refractivity contribution < 1.29 is 36.2 Å². The Bertz CT molecular complexity index is 990. The van der Waals surface area contributed by atoms with Crippen molar-refractivity contribution in [2.45, 2.75) is 32.9 Å². The molecule has 0 saturated carbocycles. The molecule has 0 spiro atoms. The molecule has 0 saturated heterocycles. The van der Waals surface area contributed by atoms with Crippen molar-refractivity contribution in [1.29, 1.82) is 0 Å². The Kier molecular flexibility index (Phi) is 7.69. The fourth-order valence-corrected chi connectivity index (χ4v) is 3.56. The highest BCUT2D eigenvalue weighted by molar-refractivity contribution is 7.81. The van der Waals surface area contributed by atoms with Gasteiger partial charge in [-0.15, -0.1) is 0 Å². The van der Waals surface area contributed by atoms with Crippen molar-refractivity contribution in [3.05, 3.63) is 57.9 Å². The van der Waals surface area contributed by atoms with Gasteiger partial charge >= 0.3 is 12.1 Å². The van der Waals surface area contributed by atoms with Crippen molar-refractivity contribution in [3.63, 3.8) is 0 Å². The lowest BCUT2D eigenvalue weighted by Gasteiger charge is -2.23. The van der Waals surface area contributed by atoms with Gasteiger partial charge in [-0.05, 0) is 30.0 Å². The van der Waals surface area contributed by atoms with Crippen molar-refractivity contribution in [3.8, 4) is 5.75 Å². The number of thiocarbonyl (C=S) groups is 1. The van der Waals surface area contributed by atoms with E-state index in [0.29, 0.717) is 0 Å². The summed E-state index contributed by atoms with van der Waals surface area (Å²) in [5.41, 5.74) is -4.33. The second-order valence-electron chi connectivity index (χ2n) is 6.99. The highest BCUT2D eigenvalue weighted by Crippen LogP contribution is 2.39. The Hall–Kier alpha value is -2.62. The van der Waals surface area contributed by atoms with E-state index in [0.717, 1.165) is 7.11 Å². The quantitative estimate of drug-likeness (QED) is 0.226. The van der Waals surface area contributed by atoms with Crippen LogP contribution < -0.4 is 4.74 Å². The predicted octanol–water partition coefficient (Wildman–Crippen LogP) is 5.80. The zero-order valence-electron chi connectivity index (χ0n) is 17.1. The molecule has 0 amide bonds. The van der Waals surface area contributed by atoms with E-state index in [9.17, 15) is 26.7 Å². The van der Waals surface area contributed by atoms with Crippen LogP contribution in [0.3, 0.4) is 0 Å². The highest BCUT2D eigenvalue weighted by atomic mass is 32.1. The number of methoxy groups -OCH3 is 2. The summed E-state index contributed by atoms with van der Waals surface area (Å²) in [5.74, 6) is -1.32. The molecule has 0 bridgehead atoms. The van der Waals surface area contributed by atoms with E-state index >= 15 is 0 Å². The Morgan fingerprint density at radius 3 is 2.23 bits per heavy atom. The summed E-state index contributed by atoms with van der Waals surface area (Å²) in [4.78, 5) is 15.2. The van der Waals surface area contributed by atoms with Gasteiger partial charge in [0.15, 0.2) is 5.69 Å². The van der Waals surface area contributed by atoms with E-state index in [1.807, 2.05) is 0 Å². The molecule has 1 heterocycles. The minimum Gasteiger partial charge on any atom is -0.496 e. The second kappa shape index (κ2) is 9.67. The van der Waals surface area contributed by atoms with Crippen molar-refractivity contribution in [1.82, 2.24) is 4.98 Å². The highest BCUT2D eigenvalue weighted by Gasteiger charge is 2.42. The van der Waals surface area contributed by atoms with E-state index in [2.05, 4.69) is 9.72 Å². The SMILES string of the molecule is COC(=O)c1c(C(F)F)nc(C(F)(F)F)c(C(=S)c2ccccc2OC)c1CC(C)C. The molecule has 1 aromatic heterocycles. The lowest BCUT2D eigenvalue weighted by molar-refractivity contribution is -0.141. The van der Waals surface area contributed by atoms with Crippen LogP contribution in [0.1, 0.15) is 58.7 Å². The van der Waals surface area contributed by atoms with Gasteiger partial charge in [0, 0.05) is 11.1 Å². The van der Waals surface area contributed by atoms with E-state index in [-0.39, 0.29) is 34.1 Å². The molecular weight excluding hydrogens is 441 g/mol. The molecule has 0 aliphatic heterocycles. The van der Waals surface area contributed by atoms with Gasteiger partial charge in [-0.3, -0.25) is 0 Å². The van der Waals surface area contributed by atoms with Crippen LogP contribution in [0, 0.1) is 5.92 Å². The van der Waals surface area contributed by atoms with Crippen molar-refractivity contribution in [2.75, 3.05) is 14.2 Å². The molecule has 4 nitrogen and oxygen atoms in total. The third kappa shape index (κ3) is 5.17. The molecule has 10 heteroatoms. The largest absolute Gasteiger partial charge is 0.496 e. The molecule has 2 aromatic rings. The molecule has 0 atom stereocenters. The standard InChI is InChI=1S/C21H20F5NO3S/c1-10(2)9-12-14(20(28)30-4)16(19(22)23)27-18(21(24,25)26)15(12)17(31)11-7-5-6-8-13(11)29-3/h5-8,10,19H,9H2,1-4H3. The third-order valence-electron chi connectivity index (χ3n) is 4.38. The molecule has 0 aliphatic carbocycles. The molecule has 1 aromatic carbocycles. The van der Waals surface area contributed by atoms with Crippen LogP contribution in [0.4, 0.5) is 22.0 Å². The summed E-state index contributed by atoms with van der Waals surface area (Å²) in [6, 6.07) is 6.09. The first-order valence-corrected chi connectivity index (χ1v) is 9.52. The molecule has 31 heavy (non-hydrogen) atoms. The molecule has 2 rings (SSSR count). The van der Waals surface area contributed by atoms with Crippen LogP contribution in [-0.2, 0) is 17.3 Å². The average molecular weight is 461 g/mol. The number of hydrogen-bond acceptors (Lipinski definition) is 5. The second-order valence-corrected chi connectivity index (χ2v) is 7.40. The van der Waals surface area contributed by atoms with Gasteiger partial charge < -0.3 is 9.47 Å². The maximum atomic E-state index is 14.0. The zero-order chi connectivity index (χ0) is 23.5. The number of nitrogens with zero attached hydrogens (tertiary/aromatic N) is 1. The van der Waals surface area contributed by atoms with E-state index in [1.54, 1.807) is 26.0 Å². The lowest BCUT2D eigenvalue weighted by atomic mass is 9.87. The van der Waals surface area contributed by atoms with E-state index in [4.69, 9.17) is 17.0 Å². The number of carbonyl (C=O) groups is 1. The molecule has 0 fully saturated rings. The Labute approximate surface area is 181 Å². The first-order chi connectivity index (χ1) is 14.4. The monoisotopic (exact) mass is 461 g/mol. The van der Waals surface area contributed by atoms with Gasteiger partial charge in [-0.1, -0.05) is 38.2 Å².